The van der Waals surface area contributed by atoms with E-state index in [4.69, 9.17) is 4.74 Å². The number of nitrogens with one attached hydrogen (secondary N) is 5. The predicted octanol–water partition coefficient (Wildman–Crippen LogP) is 4.87. The number of benzene rings is 5. The predicted molar refractivity (Wildman–Crippen MR) is 313 cm³/mol. The van der Waals surface area contributed by atoms with E-state index in [9.17, 15) is 24.3 Å². The van der Waals surface area contributed by atoms with E-state index in [0.29, 0.717) is 24.0 Å². The van der Waals surface area contributed by atoms with Gasteiger partial charge in [-0.2, -0.15) is 0 Å². The first-order valence-corrected chi connectivity index (χ1v) is 29.1. The molecule has 0 unspecified atom stereocenters. The summed E-state index contributed by atoms with van der Waals surface area (Å²) in [6.45, 7) is 4.34. The molecule has 438 valence electrons. The van der Waals surface area contributed by atoms with Crippen molar-refractivity contribution in [3.63, 3.8) is 0 Å². The van der Waals surface area contributed by atoms with Crippen LogP contribution >= 0.6 is 0 Å². The molecule has 6 aromatic rings. The van der Waals surface area contributed by atoms with Crippen LogP contribution in [0, 0.1) is 5.92 Å². The highest BCUT2D eigenvalue weighted by Crippen LogP contribution is 2.39. The van der Waals surface area contributed by atoms with Crippen molar-refractivity contribution in [2.75, 3.05) is 26.2 Å². The monoisotopic (exact) mass is 1140 g/mol. The van der Waals surface area contributed by atoms with Crippen LogP contribution < -0.4 is 21.3 Å². The number of fused-ring (bicyclic) bond motifs is 6. The third-order valence-corrected chi connectivity index (χ3v) is 16.6. The molecule has 8 atom stereocenters. The summed E-state index contributed by atoms with van der Waals surface area (Å²) < 4.78 is 6.33. The number of amides is 8. The second-order valence-electron chi connectivity index (χ2n) is 22.9. The molecule has 3 fully saturated rings. The Morgan fingerprint density at radius 1 is 0.595 bits per heavy atom. The first-order chi connectivity index (χ1) is 40.6. The van der Waals surface area contributed by atoms with Gasteiger partial charge in [-0.05, 0) is 79.3 Å². The van der Waals surface area contributed by atoms with Crippen LogP contribution in [0.5, 0.6) is 0 Å². The summed E-state index contributed by atoms with van der Waals surface area (Å²) in [7, 11) is 0. The fraction of sp³-hybridized carbons (Fsp3) is 0.385. The molecule has 4 aliphatic rings. The number of H-pyrrole nitrogens is 1. The number of aromatic amines is 1. The van der Waals surface area contributed by atoms with Crippen LogP contribution in [0.3, 0.4) is 0 Å². The SMILES string of the molecule is CC(C)C[C@@H]1NC(=O)[C@H]([C@@H](C)OCc2ccccc2)NC(=O)[C@@H]2CCCN2C(=O)[C@H](Cc2ccccc2)NC(=O)[C@@H]2CCCN2C(=O)[C@H](Cc2c[nH]c3ccccc23)NC(=O)CN2C(=O)c3ccccc3[C@@]2(O)CN(Cc2ccccc2)C1=O. The lowest BCUT2D eigenvalue weighted by Crippen LogP contribution is -2.62. The second kappa shape index (κ2) is 25.9. The van der Waals surface area contributed by atoms with Crippen molar-refractivity contribution in [2.24, 2.45) is 5.92 Å². The van der Waals surface area contributed by atoms with Crippen LogP contribution in [0.15, 0.2) is 146 Å². The van der Waals surface area contributed by atoms with E-state index in [1.54, 1.807) is 55.6 Å². The maximum atomic E-state index is 15.6. The van der Waals surface area contributed by atoms with E-state index in [0.717, 1.165) is 26.9 Å². The van der Waals surface area contributed by atoms with Gasteiger partial charge in [-0.3, -0.25) is 43.3 Å². The van der Waals surface area contributed by atoms with Gasteiger partial charge in [0.1, 0.15) is 42.8 Å². The Kier molecular flexibility index (Phi) is 18.0. The number of ether oxygens (including phenoxy) is 1. The Hall–Kier alpha value is -8.68. The van der Waals surface area contributed by atoms with Gasteiger partial charge in [-0.1, -0.05) is 141 Å². The molecular weight excluding hydrogens is 1070 g/mol. The maximum Gasteiger partial charge on any atom is 0.257 e. The minimum atomic E-state index is -2.35. The zero-order valence-electron chi connectivity index (χ0n) is 47.6. The van der Waals surface area contributed by atoms with E-state index in [2.05, 4.69) is 26.3 Å². The van der Waals surface area contributed by atoms with Crippen molar-refractivity contribution < 1.29 is 48.2 Å². The van der Waals surface area contributed by atoms with Gasteiger partial charge in [0.15, 0.2) is 5.72 Å². The van der Waals surface area contributed by atoms with Crippen LogP contribution in [0.4, 0.5) is 0 Å². The zero-order valence-corrected chi connectivity index (χ0v) is 47.6. The molecule has 3 saturated heterocycles. The van der Waals surface area contributed by atoms with Gasteiger partial charge in [0.05, 0.1) is 19.3 Å². The van der Waals surface area contributed by atoms with Crippen LogP contribution in [-0.4, -0.2) is 145 Å². The normalized spacial score (nSPS) is 24.4. The third kappa shape index (κ3) is 12.9. The lowest BCUT2D eigenvalue weighted by molar-refractivity contribution is -0.152. The quantitative estimate of drug-likeness (QED) is 0.0972. The number of aliphatic hydroxyl groups is 1. The van der Waals surface area contributed by atoms with E-state index < -0.39 is 108 Å². The summed E-state index contributed by atoms with van der Waals surface area (Å²) >= 11 is 0. The molecule has 1 aromatic heterocycles. The van der Waals surface area contributed by atoms with Crippen molar-refractivity contribution in [3.05, 3.63) is 179 Å². The molecule has 5 heterocycles. The molecule has 0 radical (unpaired) electrons. The Morgan fingerprint density at radius 2 is 1.15 bits per heavy atom. The highest BCUT2D eigenvalue weighted by molar-refractivity contribution is 6.03. The Labute approximate surface area is 488 Å². The van der Waals surface area contributed by atoms with E-state index in [1.165, 1.54) is 20.8 Å². The molecule has 19 nitrogen and oxygen atoms in total. The van der Waals surface area contributed by atoms with Crippen LogP contribution in [0.2, 0.25) is 0 Å². The summed E-state index contributed by atoms with van der Waals surface area (Å²) in [5.41, 5.74) is 1.54. The number of rotatable bonds is 12. The number of carbonyl (C=O) groups is 8. The van der Waals surface area contributed by atoms with Crippen molar-refractivity contribution in [3.8, 4) is 0 Å². The Bertz CT molecular complexity index is 3380. The Balaban J connectivity index is 1.07. The van der Waals surface area contributed by atoms with Crippen LogP contribution in [-0.2, 0) is 70.0 Å². The molecule has 5 aromatic carbocycles. The number of β-amino-alcohol motifs (C(OH)–C–C–N with tert-alkyl or cyclic N) is 1. The number of hydrogen-bond donors (Lipinski definition) is 6. The number of aromatic nitrogens is 1. The number of carbonyl (C=O) groups excluding carboxylic acids is 8. The largest absolute Gasteiger partial charge is 0.371 e. The van der Waals surface area contributed by atoms with Crippen molar-refractivity contribution in [1.29, 1.82) is 0 Å². The molecule has 10 rings (SSSR count). The highest BCUT2D eigenvalue weighted by Gasteiger charge is 2.52. The molecule has 84 heavy (non-hydrogen) atoms. The van der Waals surface area contributed by atoms with Gasteiger partial charge < -0.3 is 50.8 Å². The first-order valence-electron chi connectivity index (χ1n) is 29.1. The van der Waals surface area contributed by atoms with E-state index in [-0.39, 0.29) is 75.4 Å². The topological polar surface area (TPSA) is 243 Å². The lowest BCUT2D eigenvalue weighted by atomic mass is 9.98. The summed E-state index contributed by atoms with van der Waals surface area (Å²) in [6, 6.07) is 33.9. The van der Waals surface area contributed by atoms with Crippen LogP contribution in [0.1, 0.15) is 91.1 Å². The van der Waals surface area contributed by atoms with Gasteiger partial charge in [-0.25, -0.2) is 0 Å². The molecule has 0 saturated carbocycles. The molecule has 4 aliphatic heterocycles. The highest BCUT2D eigenvalue weighted by atomic mass is 16.5. The number of para-hydroxylation sites is 1. The van der Waals surface area contributed by atoms with E-state index in [1.807, 2.05) is 105 Å². The van der Waals surface area contributed by atoms with Crippen molar-refractivity contribution >= 4 is 58.2 Å². The average Bonchev–Trinajstić information content (AvgIpc) is 2.26. The summed E-state index contributed by atoms with van der Waals surface area (Å²) in [5.74, 6) is -5.44. The molecule has 0 bridgehead atoms. The maximum absolute atomic E-state index is 15.6. The van der Waals surface area contributed by atoms with Gasteiger partial charge in [0.25, 0.3) is 5.91 Å². The number of nitrogens with zero attached hydrogens (tertiary/aromatic N) is 4. The molecule has 0 aliphatic carbocycles. The minimum Gasteiger partial charge on any atom is -0.371 e. The molecule has 19 heteroatoms. The van der Waals surface area contributed by atoms with Crippen molar-refractivity contribution in [1.82, 2.24) is 45.9 Å². The van der Waals surface area contributed by atoms with Gasteiger partial charge in [0.2, 0.25) is 41.4 Å². The van der Waals surface area contributed by atoms with Gasteiger partial charge in [0, 0.05) is 60.7 Å². The molecule has 8 amide bonds. The smallest absolute Gasteiger partial charge is 0.257 e. The number of hydrogen-bond acceptors (Lipinski definition) is 10. The van der Waals surface area contributed by atoms with Crippen LogP contribution in [0.25, 0.3) is 10.9 Å². The standard InChI is InChI=1S/C65H73N9O10/c1-41(2)33-51-62(80)71(37-44-21-9-5-10-22-44)40-65(83)49-27-15-13-26-48(49)61(79)74(65)38-56(75)67-53(35-46-36-66-50-28-16-14-25-47(46)50)64(82)72-31-17-29-54(72)58(76)68-52(34-43-19-7-4-8-20-43)63(81)73-32-18-30-55(73)59(77)70-57(60(78)69-51)42(3)84-39-45-23-11-6-12-24-45/h4-16,19-28,36,41-42,51-55,57,66,83H,17-18,29-35,37-40H2,1-3H3,(H,67,75)(H,68,76)(H,69,78)(H,70,77)/t42-,51+,52+,53+,54+,55+,57+,65+/m1/s1. The first kappa shape index (κ1) is 58.5. The fourth-order valence-electron chi connectivity index (χ4n) is 12.3. The fourth-order valence-corrected chi connectivity index (χ4v) is 12.3. The Morgan fingerprint density at radius 3 is 1.81 bits per heavy atom. The summed E-state index contributed by atoms with van der Waals surface area (Å²) in [5, 5.41) is 25.9. The average molecular weight is 1140 g/mol. The van der Waals surface area contributed by atoms with Gasteiger partial charge in [-0.15, -0.1) is 0 Å². The lowest BCUT2D eigenvalue weighted by Gasteiger charge is -2.40. The summed E-state index contributed by atoms with van der Waals surface area (Å²) in [4.78, 5) is 129. The van der Waals surface area contributed by atoms with E-state index >= 15 is 19.2 Å². The minimum absolute atomic E-state index is 0.0352. The molecule has 6 N–H and O–H groups in total. The molecular formula is C65H73N9O10. The summed E-state index contributed by atoms with van der Waals surface area (Å²) in [6.07, 6.45) is 2.19. The zero-order chi connectivity index (χ0) is 59.1. The second-order valence-corrected chi connectivity index (χ2v) is 22.9. The third-order valence-electron chi connectivity index (χ3n) is 16.6. The van der Waals surface area contributed by atoms with Crippen molar-refractivity contribution in [2.45, 2.75) is 127 Å². The molecule has 0 spiro atoms. The van der Waals surface area contributed by atoms with Gasteiger partial charge >= 0.3 is 0 Å².